The Bertz CT molecular complexity index is 936. The first-order chi connectivity index (χ1) is 14.4. The number of aliphatic carboxylic acids is 1. The van der Waals surface area contributed by atoms with Crippen LogP contribution in [0.2, 0.25) is 5.02 Å². The van der Waals surface area contributed by atoms with E-state index >= 15 is 0 Å². The highest BCUT2D eigenvalue weighted by Gasteiger charge is 2.46. The third-order valence-electron chi connectivity index (χ3n) is 6.50. The highest BCUT2D eigenvalue weighted by atomic mass is 35.5. The van der Waals surface area contributed by atoms with Crippen LogP contribution in [-0.4, -0.2) is 35.6 Å². The number of halogens is 1. The van der Waals surface area contributed by atoms with Crippen molar-refractivity contribution in [2.24, 2.45) is 11.3 Å². The predicted octanol–water partition coefficient (Wildman–Crippen LogP) is 4.99. The standard InChI is InChI=1S/C25H30ClNO3/c1-3-18-5-4-6-23(26)22(18)14-30-21-8-7-19-11-25(12-20(19)10-21)15-27(16-25)13-17(2)9-24(28)29/h4-8,10,17H,3,9,11-16H2,1-2H3,(H,28,29). The molecule has 30 heavy (non-hydrogen) atoms. The number of fused-ring (bicyclic) bond motifs is 1. The molecule has 0 aromatic heterocycles. The van der Waals surface area contributed by atoms with Crippen LogP contribution in [0, 0.1) is 11.3 Å². The zero-order valence-electron chi connectivity index (χ0n) is 17.8. The number of carboxylic acid groups (broad SMARTS) is 1. The molecule has 0 bridgehead atoms. The second-order valence-corrected chi connectivity index (χ2v) is 9.58. The lowest BCUT2D eigenvalue weighted by atomic mass is 9.76. The molecule has 1 aliphatic carbocycles. The van der Waals surface area contributed by atoms with Gasteiger partial charge in [0.2, 0.25) is 0 Å². The zero-order valence-corrected chi connectivity index (χ0v) is 18.5. The number of benzene rings is 2. The topological polar surface area (TPSA) is 49.8 Å². The summed E-state index contributed by atoms with van der Waals surface area (Å²) in [6.07, 6.45) is 3.37. The van der Waals surface area contributed by atoms with E-state index in [1.807, 2.05) is 19.1 Å². The molecule has 1 unspecified atom stereocenters. The molecule has 1 aliphatic heterocycles. The van der Waals surface area contributed by atoms with Crippen LogP contribution in [0.15, 0.2) is 36.4 Å². The van der Waals surface area contributed by atoms with E-state index < -0.39 is 5.97 Å². The first-order valence-electron chi connectivity index (χ1n) is 10.8. The molecule has 2 aliphatic rings. The molecule has 4 rings (SSSR count). The number of nitrogens with zero attached hydrogens (tertiary/aromatic N) is 1. The number of carbonyl (C=O) groups is 1. The monoisotopic (exact) mass is 427 g/mol. The van der Waals surface area contributed by atoms with Gasteiger partial charge < -0.3 is 14.7 Å². The van der Waals surface area contributed by atoms with Gasteiger partial charge in [-0.25, -0.2) is 0 Å². The fourth-order valence-corrected chi connectivity index (χ4v) is 5.46. The summed E-state index contributed by atoms with van der Waals surface area (Å²) < 4.78 is 6.12. The lowest BCUT2D eigenvalue weighted by Crippen LogP contribution is -2.57. The molecule has 1 heterocycles. The van der Waals surface area contributed by atoms with Crippen molar-refractivity contribution in [2.75, 3.05) is 19.6 Å². The van der Waals surface area contributed by atoms with E-state index in [-0.39, 0.29) is 12.3 Å². The molecule has 1 N–H and O–H groups in total. The molecule has 4 nitrogen and oxygen atoms in total. The molecular formula is C25H30ClNO3. The predicted molar refractivity (Wildman–Crippen MR) is 119 cm³/mol. The summed E-state index contributed by atoms with van der Waals surface area (Å²) in [6, 6.07) is 12.5. The van der Waals surface area contributed by atoms with Gasteiger partial charge in [-0.1, -0.05) is 43.6 Å². The van der Waals surface area contributed by atoms with Crippen LogP contribution in [0.25, 0.3) is 0 Å². The SMILES string of the molecule is CCc1cccc(Cl)c1COc1ccc2c(c1)CC1(C2)CN(CC(C)CC(=O)O)C1. The van der Waals surface area contributed by atoms with Gasteiger partial charge >= 0.3 is 5.97 Å². The van der Waals surface area contributed by atoms with E-state index in [0.29, 0.717) is 12.0 Å². The summed E-state index contributed by atoms with van der Waals surface area (Å²) in [4.78, 5) is 13.3. The number of ether oxygens (including phenoxy) is 1. The van der Waals surface area contributed by atoms with Crippen molar-refractivity contribution < 1.29 is 14.6 Å². The second kappa shape index (κ2) is 8.60. The van der Waals surface area contributed by atoms with Crippen molar-refractivity contribution in [1.29, 1.82) is 0 Å². The molecule has 160 valence electrons. The van der Waals surface area contributed by atoms with Gasteiger partial charge in [-0.3, -0.25) is 4.79 Å². The third kappa shape index (κ3) is 4.50. The fourth-order valence-electron chi connectivity index (χ4n) is 5.21. The van der Waals surface area contributed by atoms with Crippen molar-refractivity contribution in [3.8, 4) is 5.75 Å². The minimum Gasteiger partial charge on any atom is -0.489 e. The molecule has 1 fully saturated rings. The van der Waals surface area contributed by atoms with Crippen LogP contribution >= 0.6 is 11.6 Å². The van der Waals surface area contributed by atoms with Crippen LogP contribution in [0.4, 0.5) is 0 Å². The number of rotatable bonds is 8. The van der Waals surface area contributed by atoms with Gasteiger partial charge in [0.05, 0.1) is 0 Å². The lowest BCUT2D eigenvalue weighted by molar-refractivity contribution is -0.138. The second-order valence-electron chi connectivity index (χ2n) is 9.18. The van der Waals surface area contributed by atoms with E-state index in [1.165, 1.54) is 16.7 Å². The smallest absolute Gasteiger partial charge is 0.303 e. The minimum atomic E-state index is -0.707. The van der Waals surface area contributed by atoms with Gasteiger partial charge in [0.1, 0.15) is 12.4 Å². The van der Waals surface area contributed by atoms with Crippen molar-refractivity contribution in [3.63, 3.8) is 0 Å². The summed E-state index contributed by atoms with van der Waals surface area (Å²) in [6.45, 7) is 7.63. The Balaban J connectivity index is 1.35. The van der Waals surface area contributed by atoms with E-state index in [4.69, 9.17) is 21.4 Å². The van der Waals surface area contributed by atoms with Crippen LogP contribution in [0.3, 0.4) is 0 Å². The van der Waals surface area contributed by atoms with Gasteiger partial charge in [-0.05, 0) is 60.1 Å². The van der Waals surface area contributed by atoms with Gasteiger partial charge in [-0.15, -0.1) is 0 Å². The van der Waals surface area contributed by atoms with E-state index in [1.54, 1.807) is 0 Å². The Hall–Kier alpha value is -2.04. The van der Waals surface area contributed by atoms with Gasteiger partial charge in [0.15, 0.2) is 0 Å². The molecule has 1 atom stereocenters. The van der Waals surface area contributed by atoms with E-state index in [0.717, 1.165) is 55.2 Å². The summed E-state index contributed by atoms with van der Waals surface area (Å²) in [5, 5.41) is 9.72. The Morgan fingerprint density at radius 3 is 2.73 bits per heavy atom. The number of hydrogen-bond donors (Lipinski definition) is 1. The van der Waals surface area contributed by atoms with Crippen LogP contribution in [0.1, 0.15) is 42.5 Å². The van der Waals surface area contributed by atoms with Crippen LogP contribution in [0.5, 0.6) is 5.75 Å². The maximum absolute atomic E-state index is 10.9. The highest BCUT2D eigenvalue weighted by Crippen LogP contribution is 2.45. The Morgan fingerprint density at radius 2 is 2.00 bits per heavy atom. The Morgan fingerprint density at radius 1 is 1.23 bits per heavy atom. The van der Waals surface area contributed by atoms with Crippen molar-refractivity contribution in [1.82, 2.24) is 4.90 Å². The maximum atomic E-state index is 10.9. The maximum Gasteiger partial charge on any atom is 0.303 e. The normalized spacial score (nSPS) is 18.1. The minimum absolute atomic E-state index is 0.196. The molecule has 2 aromatic carbocycles. The molecule has 2 aromatic rings. The van der Waals surface area contributed by atoms with Crippen molar-refractivity contribution in [3.05, 3.63) is 63.7 Å². The summed E-state index contributed by atoms with van der Waals surface area (Å²) in [7, 11) is 0. The molecule has 0 saturated carbocycles. The fraction of sp³-hybridized carbons (Fsp3) is 0.480. The third-order valence-corrected chi connectivity index (χ3v) is 6.85. The zero-order chi connectivity index (χ0) is 21.3. The van der Waals surface area contributed by atoms with Gasteiger partial charge in [0, 0.05) is 42.1 Å². The quantitative estimate of drug-likeness (QED) is 0.644. The largest absolute Gasteiger partial charge is 0.489 e. The van der Waals surface area contributed by atoms with Crippen molar-refractivity contribution >= 4 is 17.6 Å². The Kier molecular flexibility index (Phi) is 6.08. The highest BCUT2D eigenvalue weighted by molar-refractivity contribution is 6.31. The van der Waals surface area contributed by atoms with Gasteiger partial charge in [0.25, 0.3) is 0 Å². The van der Waals surface area contributed by atoms with Crippen molar-refractivity contribution in [2.45, 2.75) is 46.1 Å². The molecule has 5 heteroatoms. The summed E-state index contributed by atoms with van der Waals surface area (Å²) in [5.74, 6) is 0.391. The molecular weight excluding hydrogens is 398 g/mol. The first-order valence-corrected chi connectivity index (χ1v) is 11.2. The average Bonchev–Trinajstić information content (AvgIpc) is 3.04. The van der Waals surface area contributed by atoms with Crippen LogP contribution < -0.4 is 4.74 Å². The van der Waals surface area contributed by atoms with Crippen LogP contribution in [-0.2, 0) is 30.7 Å². The Labute approximate surface area is 183 Å². The number of hydrogen-bond acceptors (Lipinski definition) is 3. The molecule has 0 radical (unpaired) electrons. The van der Waals surface area contributed by atoms with E-state index in [9.17, 15) is 4.79 Å². The summed E-state index contributed by atoms with van der Waals surface area (Å²) in [5.41, 5.74) is 5.44. The molecule has 1 saturated heterocycles. The number of aryl methyl sites for hydroxylation is 1. The van der Waals surface area contributed by atoms with E-state index in [2.05, 4.69) is 36.1 Å². The summed E-state index contributed by atoms with van der Waals surface area (Å²) >= 11 is 6.39. The number of likely N-dealkylation sites (tertiary alicyclic amines) is 1. The number of carboxylic acids is 1. The van der Waals surface area contributed by atoms with Gasteiger partial charge in [-0.2, -0.15) is 0 Å². The molecule has 0 amide bonds. The lowest BCUT2D eigenvalue weighted by Gasteiger charge is -2.49. The molecule has 1 spiro atoms. The first kappa shape index (κ1) is 21.2. The average molecular weight is 428 g/mol.